The largest absolute Gasteiger partial charge is 0.456 e. The summed E-state index contributed by atoms with van der Waals surface area (Å²) >= 11 is 0. The third-order valence-corrected chi connectivity index (χ3v) is 20.5. The van der Waals surface area contributed by atoms with Crippen LogP contribution in [-0.4, -0.2) is 57.9 Å². The third kappa shape index (κ3) is 10.3. The Morgan fingerprint density at radius 3 is 1.59 bits per heavy atom. The lowest BCUT2D eigenvalue weighted by Gasteiger charge is -2.41. The molecule has 0 aliphatic carbocycles. The van der Waals surface area contributed by atoms with Gasteiger partial charge in [0.25, 0.3) is 0 Å². The van der Waals surface area contributed by atoms with Crippen LogP contribution in [0.5, 0.6) is 0 Å². The van der Waals surface area contributed by atoms with Gasteiger partial charge in [-0.25, -0.2) is 4.79 Å². The maximum absolute atomic E-state index is 14.4. The Hall–Kier alpha value is -2.37. The quantitative estimate of drug-likeness (QED) is 0.0942. The van der Waals surface area contributed by atoms with Crippen LogP contribution in [0.1, 0.15) is 107 Å². The first-order valence-electron chi connectivity index (χ1n) is 18.3. The van der Waals surface area contributed by atoms with E-state index < -0.39 is 52.2 Å². The maximum atomic E-state index is 14.4. The van der Waals surface area contributed by atoms with Crippen molar-refractivity contribution in [1.82, 2.24) is 0 Å². The van der Waals surface area contributed by atoms with Crippen LogP contribution < -0.4 is 0 Å². The predicted octanol–water partition coefficient (Wildman–Crippen LogP) is 10.2. The van der Waals surface area contributed by atoms with Crippen LogP contribution in [0.25, 0.3) is 0 Å². The van der Waals surface area contributed by atoms with Crippen LogP contribution in [0.3, 0.4) is 0 Å². The molecule has 4 atom stereocenters. The topological polar surface area (TPSA) is 82.1 Å². The summed E-state index contributed by atoms with van der Waals surface area (Å²) in [4.78, 5) is 28.4. The maximum Gasteiger partial charge on any atom is 0.335 e. The van der Waals surface area contributed by atoms with Crippen molar-refractivity contribution in [2.75, 3.05) is 0 Å². The van der Waals surface area contributed by atoms with E-state index in [0.29, 0.717) is 17.6 Å². The fraction of sp³-hybridized carbons (Fsp3) is 0.610. The molecule has 6 nitrogen and oxygen atoms in total. The van der Waals surface area contributed by atoms with E-state index in [-0.39, 0.29) is 16.9 Å². The van der Waals surface area contributed by atoms with E-state index in [4.69, 9.17) is 13.6 Å². The minimum atomic E-state index is -2.46. The van der Waals surface area contributed by atoms with Crippen LogP contribution in [0.15, 0.2) is 71.8 Å². The van der Waals surface area contributed by atoms with Crippen LogP contribution in [0, 0.1) is 5.41 Å². The molecular formula is C41H66O6Si2. The Morgan fingerprint density at radius 2 is 1.20 bits per heavy atom. The molecule has 49 heavy (non-hydrogen) atoms. The highest BCUT2D eigenvalue weighted by atomic mass is 28.4. The number of aliphatic hydroxyl groups is 1. The second-order valence-corrected chi connectivity index (χ2v) is 25.3. The van der Waals surface area contributed by atoms with Crippen molar-refractivity contribution in [1.29, 1.82) is 0 Å². The van der Waals surface area contributed by atoms with E-state index in [2.05, 4.69) is 54.6 Å². The van der Waals surface area contributed by atoms with Crippen molar-refractivity contribution in [2.45, 2.75) is 156 Å². The first kappa shape index (κ1) is 42.8. The number of ether oxygens (including phenoxy) is 1. The van der Waals surface area contributed by atoms with Crippen LogP contribution in [0.4, 0.5) is 0 Å². The number of aliphatic hydroxyl groups excluding tert-OH is 1. The molecule has 0 aliphatic heterocycles. The van der Waals surface area contributed by atoms with Crippen molar-refractivity contribution < 1.29 is 28.3 Å². The number of ketones is 1. The van der Waals surface area contributed by atoms with E-state index in [1.165, 1.54) is 0 Å². The molecule has 2 aromatic rings. The van der Waals surface area contributed by atoms with Gasteiger partial charge in [0, 0.05) is 5.92 Å². The summed E-state index contributed by atoms with van der Waals surface area (Å²) in [5.41, 5.74) is 2.14. The molecule has 0 spiro atoms. The Bertz CT molecular complexity index is 1330. The summed E-state index contributed by atoms with van der Waals surface area (Å²) in [7, 11) is -4.45. The minimum absolute atomic E-state index is 0.146. The summed E-state index contributed by atoms with van der Waals surface area (Å²) in [6, 6.07) is 22.9. The first-order chi connectivity index (χ1) is 22.7. The normalized spacial score (nSPS) is 16.1. The summed E-state index contributed by atoms with van der Waals surface area (Å²) < 4.78 is 20.0. The molecule has 2 aromatic carbocycles. The smallest absolute Gasteiger partial charge is 0.335 e. The Morgan fingerprint density at radius 1 is 0.755 bits per heavy atom. The number of benzene rings is 2. The SMILES string of the molecule is CC[C@H](O[Si](CC)(CC)CC)C(C)(C)C(=O)[C@H](O)/C(C)=C(\C)[C@H](C)OC(=O)[C@H](O[Si](C)(C)C(C)(C)C)C(c1ccccc1)c1ccccc1. The average molecular weight is 711 g/mol. The lowest BCUT2D eigenvalue weighted by molar-refractivity contribution is -0.156. The van der Waals surface area contributed by atoms with E-state index in [1.807, 2.05) is 88.4 Å². The molecule has 8 heteroatoms. The molecule has 0 aliphatic rings. The van der Waals surface area contributed by atoms with Crippen molar-refractivity contribution >= 4 is 28.4 Å². The molecule has 0 bridgehead atoms. The van der Waals surface area contributed by atoms with Gasteiger partial charge in [-0.2, -0.15) is 0 Å². The Kier molecular flexibility index (Phi) is 15.5. The summed E-state index contributed by atoms with van der Waals surface area (Å²) in [6.07, 6.45) is -2.58. The molecule has 0 unspecified atom stereocenters. The van der Waals surface area contributed by atoms with Gasteiger partial charge < -0.3 is 18.7 Å². The number of hydrogen-bond donors (Lipinski definition) is 1. The van der Waals surface area contributed by atoms with Gasteiger partial charge >= 0.3 is 5.97 Å². The van der Waals surface area contributed by atoms with Gasteiger partial charge in [-0.15, -0.1) is 0 Å². The van der Waals surface area contributed by atoms with Crippen molar-refractivity contribution in [3.05, 3.63) is 82.9 Å². The highest BCUT2D eigenvalue weighted by Gasteiger charge is 2.46. The van der Waals surface area contributed by atoms with Crippen LogP contribution in [-0.2, 0) is 23.2 Å². The van der Waals surface area contributed by atoms with Crippen LogP contribution in [0.2, 0.25) is 36.3 Å². The zero-order chi connectivity index (χ0) is 37.4. The molecule has 0 saturated heterocycles. The van der Waals surface area contributed by atoms with E-state index in [1.54, 1.807) is 13.8 Å². The molecule has 0 radical (unpaired) electrons. The molecule has 0 amide bonds. The van der Waals surface area contributed by atoms with Gasteiger partial charge in [0.2, 0.25) is 0 Å². The average Bonchev–Trinajstić information content (AvgIpc) is 3.07. The van der Waals surface area contributed by atoms with Gasteiger partial charge in [0.15, 0.2) is 28.5 Å². The predicted molar refractivity (Wildman–Crippen MR) is 208 cm³/mol. The molecule has 0 aromatic heterocycles. The zero-order valence-electron chi connectivity index (χ0n) is 33.0. The fourth-order valence-electron chi connectivity index (χ4n) is 6.23. The minimum Gasteiger partial charge on any atom is -0.456 e. The van der Waals surface area contributed by atoms with Gasteiger partial charge in [-0.1, -0.05) is 123 Å². The second kappa shape index (κ2) is 17.7. The number of hydrogen-bond acceptors (Lipinski definition) is 6. The lowest BCUT2D eigenvalue weighted by Crippen LogP contribution is -2.50. The molecule has 0 saturated carbocycles. The first-order valence-corrected chi connectivity index (χ1v) is 23.7. The third-order valence-electron chi connectivity index (χ3n) is 11.4. The fourth-order valence-corrected chi connectivity index (χ4v) is 10.5. The molecule has 0 heterocycles. The standard InChI is InChI=1S/C41H66O6Si2/c1-15-34(46-49(16-2,17-3)18-4)41(11,12)38(43)36(42)30(6)29(5)31(7)45-39(44)37(47-48(13,14)40(8,9)10)35(32-25-21-19-22-26-32)33-27-23-20-24-28-33/h19-28,31,34-37,42H,15-18H2,1-14H3/b30-29+/t31-,34-,36+,37+/m0/s1. The number of Topliss-reactive ketones (excluding diaryl/α,β-unsaturated/α-hetero) is 1. The summed E-state index contributed by atoms with van der Waals surface area (Å²) in [6.45, 7) is 28.5. The van der Waals surface area contributed by atoms with Gasteiger partial charge in [-0.05, 0) is 85.7 Å². The summed E-state index contributed by atoms with van der Waals surface area (Å²) in [5, 5.41) is 11.4. The van der Waals surface area contributed by atoms with Gasteiger partial charge in [-0.3, -0.25) is 4.79 Å². The second-order valence-electron chi connectivity index (χ2n) is 15.8. The van der Waals surface area contributed by atoms with Crippen molar-refractivity contribution in [2.24, 2.45) is 5.41 Å². The highest BCUT2D eigenvalue weighted by molar-refractivity contribution is 6.74. The molecule has 0 fully saturated rings. The monoisotopic (exact) mass is 710 g/mol. The van der Waals surface area contributed by atoms with Gasteiger partial charge in [0.05, 0.1) is 11.5 Å². The van der Waals surface area contributed by atoms with E-state index >= 15 is 0 Å². The number of esters is 1. The summed E-state index contributed by atoms with van der Waals surface area (Å²) in [5.74, 6) is -1.15. The lowest BCUT2D eigenvalue weighted by atomic mass is 9.77. The zero-order valence-corrected chi connectivity index (χ0v) is 35.0. The van der Waals surface area contributed by atoms with Crippen molar-refractivity contribution in [3.8, 4) is 0 Å². The van der Waals surface area contributed by atoms with Crippen LogP contribution >= 0.6 is 0 Å². The highest BCUT2D eigenvalue weighted by Crippen LogP contribution is 2.41. The van der Waals surface area contributed by atoms with Gasteiger partial charge in [0.1, 0.15) is 12.2 Å². The number of carbonyl (C=O) groups is 2. The number of rotatable bonds is 18. The Balaban J connectivity index is 2.49. The van der Waals surface area contributed by atoms with E-state index in [0.717, 1.165) is 29.3 Å². The molecule has 2 rings (SSSR count). The number of carbonyl (C=O) groups excluding carboxylic acids is 2. The molecular weight excluding hydrogens is 645 g/mol. The Labute approximate surface area is 300 Å². The van der Waals surface area contributed by atoms with E-state index in [9.17, 15) is 14.7 Å². The van der Waals surface area contributed by atoms with Crippen molar-refractivity contribution in [3.63, 3.8) is 0 Å². The molecule has 274 valence electrons. The molecule has 1 N–H and O–H groups in total.